The Labute approximate surface area is 135 Å². The van der Waals surface area contributed by atoms with Crippen LogP contribution in [0.5, 0.6) is 0 Å². The maximum Gasteiger partial charge on any atom is 0.361 e. The van der Waals surface area contributed by atoms with E-state index >= 15 is 0 Å². The summed E-state index contributed by atoms with van der Waals surface area (Å²) in [6, 6.07) is 0. The first-order chi connectivity index (χ1) is 9.82. The molecule has 0 radical (unpaired) electrons. The van der Waals surface area contributed by atoms with Gasteiger partial charge in [-0.1, -0.05) is 38.5 Å². The number of hydrogen-bond acceptors (Lipinski definition) is 13. The van der Waals surface area contributed by atoms with Crippen LogP contribution < -0.4 is 11.7 Å². The van der Waals surface area contributed by atoms with E-state index in [1.807, 2.05) is 22.6 Å². The fraction of sp³-hybridized carbons (Fsp3) is 1.00. The minimum absolute atomic E-state index is 0.131. The number of nitrogens with zero attached hydrogens (tertiary/aromatic N) is 4. The lowest BCUT2D eigenvalue weighted by atomic mass is 11.1. The minimum atomic E-state index is -1.95. The smallest absolute Gasteiger partial charge is 0.282 e. The van der Waals surface area contributed by atoms with Crippen molar-refractivity contribution in [1.82, 2.24) is 16.0 Å². The average molecular weight is 447 g/mol. The van der Waals surface area contributed by atoms with Crippen molar-refractivity contribution < 1.29 is 44.0 Å². The highest BCUT2D eigenvalue weighted by molar-refractivity contribution is 14.1. The highest BCUT2D eigenvalue weighted by Gasteiger charge is 2.54. The van der Waals surface area contributed by atoms with E-state index in [9.17, 15) is 0 Å². The van der Waals surface area contributed by atoms with Crippen molar-refractivity contribution in [2.24, 2.45) is 11.7 Å². The van der Waals surface area contributed by atoms with Gasteiger partial charge in [0.25, 0.3) is 0 Å². The molecule has 1 rings (SSSR count). The standard InChI is InChI=1S/C5H17IN6O8P/c1-13-9(7)5(21)17-10(14-2)19-11(16-4-6)20-12(8,15-3)18-5/h4,7-8,21H2,1-3H3/q+1/t5-,12?/m1/s1. The van der Waals surface area contributed by atoms with E-state index in [0.29, 0.717) is 16.0 Å². The molecule has 1 fully saturated rings. The summed E-state index contributed by atoms with van der Waals surface area (Å²) in [7, 11) is 5.71. The third-order valence-electron chi connectivity index (χ3n) is 1.84. The zero-order valence-electron chi connectivity index (χ0n) is 11.4. The molecule has 1 aliphatic heterocycles. The molecule has 3 atom stereocenters. The van der Waals surface area contributed by atoms with Crippen molar-refractivity contribution in [3.05, 3.63) is 0 Å². The van der Waals surface area contributed by atoms with Crippen LogP contribution >= 0.6 is 31.8 Å². The molecule has 0 aromatic heterocycles. The van der Waals surface area contributed by atoms with Crippen molar-refractivity contribution in [3.63, 3.8) is 0 Å². The van der Waals surface area contributed by atoms with Crippen LogP contribution in [0.1, 0.15) is 0 Å². The summed E-state index contributed by atoms with van der Waals surface area (Å²) in [5.41, 5.74) is -1.95. The van der Waals surface area contributed by atoms with Gasteiger partial charge in [-0.3, -0.25) is 9.68 Å². The van der Waals surface area contributed by atoms with Gasteiger partial charge in [-0.2, -0.15) is 4.84 Å². The van der Waals surface area contributed by atoms with E-state index in [2.05, 4.69) is 9.24 Å². The van der Waals surface area contributed by atoms with Crippen LogP contribution in [0.15, 0.2) is 0 Å². The van der Waals surface area contributed by atoms with Gasteiger partial charge >= 0.3 is 5.65 Å². The van der Waals surface area contributed by atoms with Gasteiger partial charge in [0.1, 0.15) is 17.1 Å². The minimum Gasteiger partial charge on any atom is -0.282 e. The average Bonchev–Trinajstić information content (AvgIpc) is 2.44. The normalized spacial score (nSPS) is 33.1. The van der Waals surface area contributed by atoms with Crippen molar-refractivity contribution in [3.8, 4) is 0 Å². The maximum absolute atomic E-state index is 5.68. The molecule has 126 valence electrons. The van der Waals surface area contributed by atoms with Gasteiger partial charge in [-0.15, -0.1) is 4.84 Å². The van der Waals surface area contributed by atoms with Crippen LogP contribution in [0.2, 0.25) is 0 Å². The Morgan fingerprint density at radius 1 is 1.38 bits per heavy atom. The van der Waals surface area contributed by atoms with Gasteiger partial charge in [-0.05, 0) is 14.1 Å². The highest BCUT2D eigenvalue weighted by atomic mass is 127. The molecule has 1 aliphatic rings. The molecule has 21 heavy (non-hydrogen) atoms. The van der Waals surface area contributed by atoms with Crippen LogP contribution in [-0.4, -0.2) is 52.6 Å². The second-order valence-electron chi connectivity index (χ2n) is 3.08. The van der Waals surface area contributed by atoms with Crippen LogP contribution in [0, 0.1) is 0 Å². The Hall–Kier alpha value is 0.600. The van der Waals surface area contributed by atoms with Crippen molar-refractivity contribution in [1.29, 1.82) is 0 Å². The predicted octanol–water partition coefficient (Wildman–Crippen LogP) is -1.48. The molecular weight excluding hydrogens is 430 g/mol. The van der Waals surface area contributed by atoms with E-state index in [0.717, 1.165) is 0 Å². The highest BCUT2D eigenvalue weighted by Crippen LogP contribution is 2.32. The van der Waals surface area contributed by atoms with Crippen molar-refractivity contribution >= 4 is 31.8 Å². The van der Waals surface area contributed by atoms with E-state index in [4.69, 9.17) is 50.6 Å². The quantitative estimate of drug-likeness (QED) is 0.123. The SMILES string of the molecule is CON1ON(OCI)O[N+](N)(OC)O[C@@](P)(N(N)OC)O1. The summed E-state index contributed by atoms with van der Waals surface area (Å²) in [5.74, 6) is 11.2. The molecule has 0 saturated carbocycles. The van der Waals surface area contributed by atoms with E-state index in [1.165, 1.54) is 21.3 Å². The van der Waals surface area contributed by atoms with Crippen LogP contribution in [-0.2, 0) is 38.9 Å². The Kier molecular flexibility index (Phi) is 7.91. The fourth-order valence-electron chi connectivity index (χ4n) is 0.937. The lowest BCUT2D eigenvalue weighted by molar-refractivity contribution is -1.41. The van der Waals surface area contributed by atoms with Crippen LogP contribution in [0.4, 0.5) is 0 Å². The zero-order chi connectivity index (χ0) is 16.1. The molecule has 0 amide bonds. The number of alkyl halides is 1. The van der Waals surface area contributed by atoms with Gasteiger partial charge in [0.2, 0.25) is 5.08 Å². The second kappa shape index (κ2) is 8.45. The lowest BCUT2D eigenvalue weighted by Crippen LogP contribution is -2.68. The number of hydroxylamine groups is 1. The lowest BCUT2D eigenvalue weighted by Gasteiger charge is -2.39. The summed E-state index contributed by atoms with van der Waals surface area (Å²) in [6.07, 6.45) is 0. The first-order valence-corrected chi connectivity index (χ1v) is 7.15. The number of nitrogens with two attached hydrogens (primary N) is 2. The van der Waals surface area contributed by atoms with Gasteiger partial charge in [0, 0.05) is 4.94 Å². The Balaban J connectivity index is 3.01. The largest absolute Gasteiger partial charge is 0.361 e. The number of quaternary nitrogens is 1. The first-order valence-electron chi connectivity index (χ1n) is 5.04. The molecule has 0 spiro atoms. The van der Waals surface area contributed by atoms with Crippen LogP contribution in [0.3, 0.4) is 0 Å². The molecule has 14 nitrogen and oxygen atoms in total. The third kappa shape index (κ3) is 5.32. The summed E-state index contributed by atoms with van der Waals surface area (Å²) in [5, 5.41) is 0.0492. The van der Waals surface area contributed by atoms with Gasteiger partial charge < -0.3 is 0 Å². The molecule has 0 aromatic rings. The number of rotatable bonds is 6. The Morgan fingerprint density at radius 2 is 2.05 bits per heavy atom. The number of halogens is 1. The maximum atomic E-state index is 5.68. The molecule has 1 heterocycles. The van der Waals surface area contributed by atoms with Crippen molar-refractivity contribution in [2.45, 2.75) is 5.65 Å². The molecule has 4 N–H and O–H groups in total. The molecule has 2 unspecified atom stereocenters. The monoisotopic (exact) mass is 447 g/mol. The molecule has 0 bridgehead atoms. The molecular formula is C5H17IN6O8P+. The van der Waals surface area contributed by atoms with Gasteiger partial charge in [0.05, 0.1) is 14.2 Å². The van der Waals surface area contributed by atoms with E-state index in [-0.39, 0.29) is 4.61 Å². The Morgan fingerprint density at radius 3 is 2.52 bits per heavy atom. The second-order valence-corrected chi connectivity index (χ2v) is 4.43. The fourth-order valence-corrected chi connectivity index (χ4v) is 1.50. The topological polar surface area (TPSA) is 136 Å². The molecule has 1 saturated heterocycles. The van der Waals surface area contributed by atoms with Gasteiger partial charge in [-0.25, -0.2) is 10.7 Å². The third-order valence-corrected chi connectivity index (χ3v) is 2.58. The summed E-state index contributed by atoms with van der Waals surface area (Å²) in [4.78, 5) is 39.6. The Bertz CT molecular complexity index is 336. The zero-order valence-corrected chi connectivity index (χ0v) is 14.7. The summed E-state index contributed by atoms with van der Waals surface area (Å²) >= 11 is 1.87. The first kappa shape index (κ1) is 19.6. The number of hydrogen-bond donors (Lipinski definition) is 2. The van der Waals surface area contributed by atoms with E-state index in [1.54, 1.807) is 0 Å². The van der Waals surface area contributed by atoms with Crippen molar-refractivity contribution in [2.75, 3.05) is 25.9 Å². The van der Waals surface area contributed by atoms with Gasteiger partial charge in [0.15, 0.2) is 5.39 Å². The van der Waals surface area contributed by atoms with E-state index < -0.39 is 10.7 Å². The molecule has 16 heteroatoms. The molecule has 0 aromatic carbocycles. The summed E-state index contributed by atoms with van der Waals surface area (Å²) < 4.78 is 0.131. The summed E-state index contributed by atoms with van der Waals surface area (Å²) in [6.45, 7) is 0. The van der Waals surface area contributed by atoms with Crippen LogP contribution in [0.25, 0.3) is 0 Å². The predicted molar refractivity (Wildman–Crippen MR) is 71.9 cm³/mol. The molecule has 0 aliphatic carbocycles. The number of hydrazine groups is 1.